The van der Waals surface area contributed by atoms with E-state index in [-0.39, 0.29) is 11.3 Å². The zero-order valence-corrected chi connectivity index (χ0v) is 14.6. The molecule has 7 heteroatoms. The number of nitrogens with one attached hydrogen (secondary N) is 1. The number of benzene rings is 2. The smallest absolute Gasteiger partial charge is 0.341 e. The van der Waals surface area contributed by atoms with E-state index in [4.69, 9.17) is 14.6 Å². The van der Waals surface area contributed by atoms with Crippen molar-refractivity contribution in [3.63, 3.8) is 0 Å². The zero-order valence-electron chi connectivity index (χ0n) is 14.6. The number of nitriles is 1. The maximum Gasteiger partial charge on any atom is 0.341 e. The number of ether oxygens (including phenoxy) is 2. The second kappa shape index (κ2) is 9.63. The van der Waals surface area contributed by atoms with E-state index in [0.29, 0.717) is 17.9 Å². The van der Waals surface area contributed by atoms with Gasteiger partial charge in [-0.3, -0.25) is 4.79 Å². The minimum absolute atomic E-state index is 0.0628. The van der Waals surface area contributed by atoms with Crippen LogP contribution in [-0.4, -0.2) is 30.7 Å². The van der Waals surface area contributed by atoms with Crippen LogP contribution in [0.25, 0.3) is 6.08 Å². The molecular weight excluding hydrogens is 348 g/mol. The van der Waals surface area contributed by atoms with Crippen LogP contribution in [0.1, 0.15) is 11.1 Å². The van der Waals surface area contributed by atoms with Crippen LogP contribution in [0.4, 0.5) is 0 Å². The maximum atomic E-state index is 12.2. The third kappa shape index (κ3) is 5.90. The second-order valence-corrected chi connectivity index (χ2v) is 5.43. The molecule has 0 atom stereocenters. The van der Waals surface area contributed by atoms with Crippen molar-refractivity contribution in [2.24, 2.45) is 0 Å². The highest BCUT2D eigenvalue weighted by Crippen LogP contribution is 2.29. The highest BCUT2D eigenvalue weighted by Gasteiger charge is 2.11. The Morgan fingerprint density at radius 2 is 1.93 bits per heavy atom. The zero-order chi connectivity index (χ0) is 19.6. The third-order valence-corrected chi connectivity index (χ3v) is 3.51. The molecule has 7 nitrogen and oxygen atoms in total. The summed E-state index contributed by atoms with van der Waals surface area (Å²) in [4.78, 5) is 22.8. The second-order valence-electron chi connectivity index (χ2n) is 5.43. The van der Waals surface area contributed by atoms with Gasteiger partial charge in [0.2, 0.25) is 0 Å². The van der Waals surface area contributed by atoms with Crippen molar-refractivity contribution in [1.82, 2.24) is 5.32 Å². The molecule has 27 heavy (non-hydrogen) atoms. The molecule has 0 saturated heterocycles. The number of carboxylic acid groups (broad SMARTS) is 1. The molecule has 2 N–H and O–H groups in total. The van der Waals surface area contributed by atoms with E-state index in [0.717, 1.165) is 5.56 Å². The van der Waals surface area contributed by atoms with Crippen LogP contribution in [0.5, 0.6) is 11.5 Å². The molecule has 2 aromatic carbocycles. The number of carboxylic acids is 1. The summed E-state index contributed by atoms with van der Waals surface area (Å²) in [6.07, 6.45) is 1.42. The predicted octanol–water partition coefficient (Wildman–Crippen LogP) is 2.38. The minimum atomic E-state index is -1.11. The van der Waals surface area contributed by atoms with Gasteiger partial charge in [0.15, 0.2) is 18.1 Å². The fourth-order valence-corrected chi connectivity index (χ4v) is 2.22. The summed E-state index contributed by atoms with van der Waals surface area (Å²) in [5.41, 5.74) is 1.40. The molecule has 0 aliphatic carbocycles. The van der Waals surface area contributed by atoms with Crippen LogP contribution >= 0.6 is 0 Å². The van der Waals surface area contributed by atoms with Crippen molar-refractivity contribution in [3.05, 3.63) is 65.2 Å². The Morgan fingerprint density at radius 3 is 2.56 bits per heavy atom. The van der Waals surface area contributed by atoms with Crippen LogP contribution < -0.4 is 14.8 Å². The highest BCUT2D eigenvalue weighted by atomic mass is 16.5. The van der Waals surface area contributed by atoms with Gasteiger partial charge in [0.05, 0.1) is 7.11 Å². The fraction of sp³-hybridized carbons (Fsp3) is 0.150. The molecule has 1 amide bonds. The van der Waals surface area contributed by atoms with Crippen molar-refractivity contribution >= 4 is 18.0 Å². The molecular formula is C20H18N2O5. The Kier molecular flexibility index (Phi) is 6.97. The lowest BCUT2D eigenvalue weighted by Crippen LogP contribution is -2.23. The number of carbonyl (C=O) groups is 2. The standard InChI is InChI=1S/C20H18N2O5/c1-26-18-10-15(7-8-17(18)27-13-19(23)24)9-16(11-21)20(25)22-12-14-5-3-2-4-6-14/h2-10H,12-13H2,1H3,(H,22,25)(H,23,24)/b16-9+. The van der Waals surface area contributed by atoms with E-state index < -0.39 is 18.5 Å². The monoisotopic (exact) mass is 366 g/mol. The number of nitrogens with zero attached hydrogens (tertiary/aromatic N) is 1. The van der Waals surface area contributed by atoms with E-state index in [1.165, 1.54) is 19.3 Å². The summed E-state index contributed by atoms with van der Waals surface area (Å²) in [7, 11) is 1.41. The first-order valence-corrected chi connectivity index (χ1v) is 8.00. The first kappa shape index (κ1) is 19.5. The Bertz CT molecular complexity index is 885. The van der Waals surface area contributed by atoms with Gasteiger partial charge in [0.1, 0.15) is 11.6 Å². The Balaban J connectivity index is 2.12. The van der Waals surface area contributed by atoms with Gasteiger partial charge in [-0.1, -0.05) is 36.4 Å². The van der Waals surface area contributed by atoms with E-state index >= 15 is 0 Å². The van der Waals surface area contributed by atoms with Crippen LogP contribution in [0, 0.1) is 11.3 Å². The van der Waals surface area contributed by atoms with Crippen molar-refractivity contribution in [1.29, 1.82) is 5.26 Å². The van der Waals surface area contributed by atoms with E-state index in [1.54, 1.807) is 12.1 Å². The normalized spacial score (nSPS) is 10.6. The van der Waals surface area contributed by atoms with Gasteiger partial charge in [0, 0.05) is 6.54 Å². The molecule has 0 heterocycles. The van der Waals surface area contributed by atoms with E-state index in [9.17, 15) is 14.9 Å². The molecule has 0 radical (unpaired) electrons. The Hall–Kier alpha value is -3.79. The van der Waals surface area contributed by atoms with Gasteiger partial charge >= 0.3 is 5.97 Å². The lowest BCUT2D eigenvalue weighted by molar-refractivity contribution is -0.139. The summed E-state index contributed by atoms with van der Waals surface area (Å²) < 4.78 is 10.3. The van der Waals surface area contributed by atoms with Gasteiger partial charge < -0.3 is 19.9 Å². The first-order valence-electron chi connectivity index (χ1n) is 8.00. The molecule has 0 unspecified atom stereocenters. The van der Waals surface area contributed by atoms with Gasteiger partial charge in [0.25, 0.3) is 5.91 Å². The Labute approximate surface area is 156 Å². The van der Waals surface area contributed by atoms with E-state index in [2.05, 4.69) is 5.32 Å². The third-order valence-electron chi connectivity index (χ3n) is 3.51. The SMILES string of the molecule is COc1cc(/C=C(\C#N)C(=O)NCc2ccccc2)ccc1OCC(=O)O. The highest BCUT2D eigenvalue weighted by molar-refractivity contribution is 6.01. The van der Waals surface area contributed by atoms with Gasteiger partial charge in [-0.05, 0) is 29.3 Å². The van der Waals surface area contributed by atoms with Crippen LogP contribution in [0.15, 0.2) is 54.1 Å². The molecule has 0 aliphatic rings. The number of hydrogen-bond donors (Lipinski definition) is 2. The van der Waals surface area contributed by atoms with Gasteiger partial charge in [-0.2, -0.15) is 5.26 Å². The van der Waals surface area contributed by atoms with Crippen LogP contribution in [0.2, 0.25) is 0 Å². The van der Waals surface area contributed by atoms with Crippen molar-refractivity contribution in [2.45, 2.75) is 6.54 Å². The molecule has 0 aliphatic heterocycles. The number of amides is 1. The lowest BCUT2D eigenvalue weighted by atomic mass is 10.1. The average molecular weight is 366 g/mol. The molecule has 0 aromatic heterocycles. The number of rotatable bonds is 8. The largest absolute Gasteiger partial charge is 0.493 e. The average Bonchev–Trinajstić information content (AvgIpc) is 2.69. The number of carbonyl (C=O) groups excluding carboxylic acids is 1. The van der Waals surface area contributed by atoms with Crippen LogP contribution in [0.3, 0.4) is 0 Å². The number of aliphatic carboxylic acids is 1. The van der Waals surface area contributed by atoms with Crippen molar-refractivity contribution in [3.8, 4) is 17.6 Å². The first-order chi connectivity index (χ1) is 13.0. The molecule has 0 fully saturated rings. The quantitative estimate of drug-likeness (QED) is 0.548. The molecule has 0 bridgehead atoms. The maximum absolute atomic E-state index is 12.2. The fourth-order valence-electron chi connectivity index (χ4n) is 2.22. The van der Waals surface area contributed by atoms with E-state index in [1.807, 2.05) is 36.4 Å². The number of methoxy groups -OCH3 is 1. The molecule has 2 aromatic rings. The molecule has 0 spiro atoms. The lowest BCUT2D eigenvalue weighted by Gasteiger charge is -2.10. The Morgan fingerprint density at radius 1 is 1.19 bits per heavy atom. The molecule has 0 saturated carbocycles. The number of hydrogen-bond acceptors (Lipinski definition) is 5. The summed E-state index contributed by atoms with van der Waals surface area (Å²) in [6.45, 7) is -0.194. The summed E-state index contributed by atoms with van der Waals surface area (Å²) in [5, 5.41) is 20.7. The molecule has 2 rings (SSSR count). The minimum Gasteiger partial charge on any atom is -0.493 e. The van der Waals surface area contributed by atoms with Gasteiger partial charge in [-0.25, -0.2) is 4.79 Å². The van der Waals surface area contributed by atoms with Crippen molar-refractivity contribution in [2.75, 3.05) is 13.7 Å². The predicted molar refractivity (Wildman–Crippen MR) is 98.0 cm³/mol. The summed E-state index contributed by atoms with van der Waals surface area (Å²) in [6, 6.07) is 15.9. The summed E-state index contributed by atoms with van der Waals surface area (Å²) in [5.74, 6) is -1.05. The molecule has 138 valence electrons. The van der Waals surface area contributed by atoms with Crippen molar-refractivity contribution < 1.29 is 24.2 Å². The van der Waals surface area contributed by atoms with Gasteiger partial charge in [-0.15, -0.1) is 0 Å². The van der Waals surface area contributed by atoms with Crippen LogP contribution in [-0.2, 0) is 16.1 Å². The summed E-state index contributed by atoms with van der Waals surface area (Å²) >= 11 is 0. The topological polar surface area (TPSA) is 109 Å².